The molecule has 9 rings (SSSR count). The van der Waals surface area contributed by atoms with Crippen LogP contribution in [0.1, 0.15) is 0 Å². The molecule has 0 aliphatic rings. The summed E-state index contributed by atoms with van der Waals surface area (Å²) in [6.45, 7) is 0. The predicted molar refractivity (Wildman–Crippen MR) is 176 cm³/mol. The number of pyridine rings is 1. The van der Waals surface area contributed by atoms with E-state index in [1.165, 1.54) is 5.39 Å². The molecule has 9 aromatic rings. The van der Waals surface area contributed by atoms with E-state index < -0.39 is 0 Å². The smallest absolute Gasteiger partial charge is 0.182 e. The van der Waals surface area contributed by atoms with E-state index in [0.717, 1.165) is 55.2 Å². The third-order valence-electron chi connectivity index (χ3n) is 8.10. The van der Waals surface area contributed by atoms with Gasteiger partial charge in [-0.25, -0.2) is 15.0 Å². The van der Waals surface area contributed by atoms with Crippen LogP contribution < -0.4 is 0 Å². The summed E-state index contributed by atoms with van der Waals surface area (Å²) in [6, 6.07) is 45.3. The van der Waals surface area contributed by atoms with Gasteiger partial charge in [0, 0.05) is 44.6 Å². The molecule has 206 valence electrons. The largest absolute Gasteiger partial charge is 0.456 e. The minimum Gasteiger partial charge on any atom is -0.456 e. The van der Waals surface area contributed by atoms with Gasteiger partial charge in [-0.05, 0) is 60.7 Å². The van der Waals surface area contributed by atoms with Gasteiger partial charge in [0.1, 0.15) is 16.9 Å². The topological polar surface area (TPSA) is 69.6 Å². The van der Waals surface area contributed by atoms with Crippen LogP contribution in [0.5, 0.6) is 0 Å². The van der Waals surface area contributed by atoms with Crippen molar-refractivity contribution in [3.8, 4) is 40.0 Å². The van der Waals surface area contributed by atoms with Gasteiger partial charge in [0.15, 0.2) is 17.5 Å². The minimum absolute atomic E-state index is 0.528. The second-order valence-electron chi connectivity index (χ2n) is 10.8. The quantitative estimate of drug-likeness (QED) is 0.213. The SMILES string of the molecule is c1ccc(-c2nc(-c3ccc4oc5cc6c7ccccc7n(-c7ccccc7)c6cc5c4c3)nc(-c3ccccn3)n2)cc1. The first-order valence-electron chi connectivity index (χ1n) is 14.5. The Labute approximate surface area is 251 Å². The summed E-state index contributed by atoms with van der Waals surface area (Å²) in [4.78, 5) is 19.1. The van der Waals surface area contributed by atoms with Crippen molar-refractivity contribution in [2.24, 2.45) is 0 Å². The van der Waals surface area contributed by atoms with Crippen LogP contribution in [-0.2, 0) is 0 Å². The van der Waals surface area contributed by atoms with Gasteiger partial charge < -0.3 is 8.98 Å². The van der Waals surface area contributed by atoms with Crippen LogP contribution in [0.2, 0.25) is 0 Å². The Bertz CT molecular complexity index is 2430. The number of hydrogen-bond donors (Lipinski definition) is 0. The summed E-state index contributed by atoms with van der Waals surface area (Å²) in [5.74, 6) is 1.71. The van der Waals surface area contributed by atoms with Gasteiger partial charge in [0.25, 0.3) is 0 Å². The van der Waals surface area contributed by atoms with E-state index in [9.17, 15) is 0 Å². The van der Waals surface area contributed by atoms with Crippen molar-refractivity contribution in [3.05, 3.63) is 140 Å². The molecule has 0 aliphatic carbocycles. The standard InChI is InChI=1S/C38H23N5O/c1-3-11-24(12-4-1)36-40-37(42-38(41-36)31-16-9-10-20-39-31)25-18-19-34-29(21-25)30-22-33-28(23-35(30)44-34)27-15-7-8-17-32(27)43(33)26-13-5-2-6-14-26/h1-23H. The van der Waals surface area contributed by atoms with Crippen LogP contribution >= 0.6 is 0 Å². The fraction of sp³-hybridized carbons (Fsp3) is 0. The maximum Gasteiger partial charge on any atom is 0.182 e. The van der Waals surface area contributed by atoms with E-state index in [0.29, 0.717) is 23.2 Å². The van der Waals surface area contributed by atoms with Crippen LogP contribution in [-0.4, -0.2) is 24.5 Å². The highest BCUT2D eigenvalue weighted by atomic mass is 16.3. The van der Waals surface area contributed by atoms with Gasteiger partial charge in [-0.15, -0.1) is 0 Å². The Kier molecular flexibility index (Phi) is 5.40. The summed E-state index contributed by atoms with van der Waals surface area (Å²) in [5, 5.41) is 4.39. The zero-order chi connectivity index (χ0) is 29.0. The zero-order valence-corrected chi connectivity index (χ0v) is 23.4. The lowest BCUT2D eigenvalue weighted by Gasteiger charge is -2.08. The Balaban J connectivity index is 1.28. The fourth-order valence-electron chi connectivity index (χ4n) is 6.06. The van der Waals surface area contributed by atoms with Crippen molar-refractivity contribution in [1.29, 1.82) is 0 Å². The Morgan fingerprint density at radius 2 is 1.16 bits per heavy atom. The van der Waals surface area contributed by atoms with E-state index in [1.54, 1.807) is 6.20 Å². The van der Waals surface area contributed by atoms with Gasteiger partial charge in [-0.1, -0.05) is 72.8 Å². The summed E-state index contributed by atoms with van der Waals surface area (Å²) >= 11 is 0. The van der Waals surface area contributed by atoms with E-state index >= 15 is 0 Å². The van der Waals surface area contributed by atoms with Crippen molar-refractivity contribution < 1.29 is 4.42 Å². The van der Waals surface area contributed by atoms with Gasteiger partial charge >= 0.3 is 0 Å². The van der Waals surface area contributed by atoms with E-state index in [2.05, 4.69) is 76.3 Å². The zero-order valence-electron chi connectivity index (χ0n) is 23.4. The molecule has 0 unspecified atom stereocenters. The number of nitrogens with zero attached hydrogens (tertiary/aromatic N) is 5. The van der Waals surface area contributed by atoms with Crippen LogP contribution in [0.15, 0.2) is 144 Å². The van der Waals surface area contributed by atoms with Gasteiger partial charge in [0.05, 0.1) is 11.0 Å². The third-order valence-corrected chi connectivity index (χ3v) is 8.10. The second kappa shape index (κ2) is 9.71. The molecule has 4 aromatic heterocycles. The molecular formula is C38H23N5O. The first-order chi connectivity index (χ1) is 21.8. The van der Waals surface area contributed by atoms with Gasteiger partial charge in [0.2, 0.25) is 0 Å². The number of fused-ring (bicyclic) bond motifs is 6. The molecule has 44 heavy (non-hydrogen) atoms. The first kappa shape index (κ1) is 24.5. The average Bonchev–Trinajstić information content (AvgIpc) is 3.62. The van der Waals surface area contributed by atoms with Crippen LogP contribution in [0.3, 0.4) is 0 Å². The van der Waals surface area contributed by atoms with Gasteiger partial charge in [-0.3, -0.25) is 4.98 Å². The monoisotopic (exact) mass is 565 g/mol. The molecule has 0 atom stereocenters. The summed E-state index contributed by atoms with van der Waals surface area (Å²) in [7, 11) is 0. The fourth-order valence-corrected chi connectivity index (χ4v) is 6.06. The second-order valence-corrected chi connectivity index (χ2v) is 10.8. The Morgan fingerprint density at radius 3 is 1.98 bits per heavy atom. The van der Waals surface area contributed by atoms with Crippen LogP contribution in [0.4, 0.5) is 0 Å². The van der Waals surface area contributed by atoms with Crippen LogP contribution in [0.25, 0.3) is 83.7 Å². The molecule has 0 aliphatic heterocycles. The number of aromatic nitrogens is 5. The van der Waals surface area contributed by atoms with E-state index in [-0.39, 0.29) is 0 Å². The van der Waals surface area contributed by atoms with Crippen molar-refractivity contribution >= 4 is 43.7 Å². The van der Waals surface area contributed by atoms with Crippen molar-refractivity contribution in [3.63, 3.8) is 0 Å². The number of benzene rings is 5. The average molecular weight is 566 g/mol. The van der Waals surface area contributed by atoms with Gasteiger partial charge in [-0.2, -0.15) is 0 Å². The maximum absolute atomic E-state index is 6.43. The number of rotatable bonds is 4. The lowest BCUT2D eigenvalue weighted by atomic mass is 10.1. The lowest BCUT2D eigenvalue weighted by Crippen LogP contribution is -2.00. The molecule has 0 N–H and O–H groups in total. The number of hydrogen-bond acceptors (Lipinski definition) is 5. The molecule has 0 saturated carbocycles. The predicted octanol–water partition coefficient (Wildman–Crippen LogP) is 9.26. The normalized spacial score (nSPS) is 11.6. The molecule has 6 heteroatoms. The van der Waals surface area contributed by atoms with Crippen molar-refractivity contribution in [1.82, 2.24) is 24.5 Å². The molecule has 4 heterocycles. The Hall–Kier alpha value is -6.14. The summed E-state index contributed by atoms with van der Waals surface area (Å²) < 4.78 is 8.75. The van der Waals surface area contributed by atoms with Crippen LogP contribution in [0, 0.1) is 0 Å². The van der Waals surface area contributed by atoms with Crippen molar-refractivity contribution in [2.75, 3.05) is 0 Å². The first-order valence-corrected chi connectivity index (χ1v) is 14.5. The molecular weight excluding hydrogens is 542 g/mol. The van der Waals surface area contributed by atoms with E-state index in [1.807, 2.05) is 66.7 Å². The highest BCUT2D eigenvalue weighted by Gasteiger charge is 2.18. The molecule has 0 saturated heterocycles. The summed E-state index contributed by atoms with van der Waals surface area (Å²) in [5.41, 5.74) is 7.55. The number of furan rings is 1. The molecule has 0 spiro atoms. The highest BCUT2D eigenvalue weighted by molar-refractivity contribution is 6.17. The highest BCUT2D eigenvalue weighted by Crippen LogP contribution is 2.39. The molecule has 0 radical (unpaired) electrons. The van der Waals surface area contributed by atoms with E-state index in [4.69, 9.17) is 19.4 Å². The summed E-state index contributed by atoms with van der Waals surface area (Å²) in [6.07, 6.45) is 1.75. The Morgan fingerprint density at radius 1 is 0.455 bits per heavy atom. The number of para-hydroxylation sites is 2. The minimum atomic E-state index is 0.528. The van der Waals surface area contributed by atoms with Crippen molar-refractivity contribution in [2.45, 2.75) is 0 Å². The molecule has 0 fully saturated rings. The molecule has 6 nitrogen and oxygen atoms in total. The molecule has 5 aromatic carbocycles. The lowest BCUT2D eigenvalue weighted by molar-refractivity contribution is 0.669. The molecule has 0 amide bonds. The molecule has 0 bridgehead atoms. The third kappa shape index (κ3) is 3.89. The maximum atomic E-state index is 6.43.